The molecule has 144 valence electrons. The van der Waals surface area contributed by atoms with Gasteiger partial charge in [0.2, 0.25) is 0 Å². The fraction of sp³-hybridized carbons (Fsp3) is 0.429. The first-order valence-corrected chi connectivity index (χ1v) is 9.41. The maximum Gasteiger partial charge on any atom is 0.341 e. The number of carbonyl (C=O) groups excluding carboxylic acids is 1. The fourth-order valence-corrected chi connectivity index (χ4v) is 3.46. The predicted octanol–water partition coefficient (Wildman–Crippen LogP) is 3.98. The number of ether oxygens (including phenoxy) is 2. The second kappa shape index (κ2) is 8.86. The summed E-state index contributed by atoms with van der Waals surface area (Å²) in [6, 6.07) is 10.8. The zero-order chi connectivity index (χ0) is 19.2. The van der Waals surface area contributed by atoms with Crippen LogP contribution in [-0.2, 0) is 14.3 Å². The Morgan fingerprint density at radius 2 is 1.85 bits per heavy atom. The van der Waals surface area contributed by atoms with Crippen LogP contribution in [0.15, 0.2) is 36.4 Å². The summed E-state index contributed by atoms with van der Waals surface area (Å²) in [7, 11) is 0. The molecule has 1 aliphatic carbocycles. The van der Waals surface area contributed by atoms with E-state index in [1.54, 1.807) is 12.1 Å². The number of carboxylic acids is 1. The smallest absolute Gasteiger partial charge is 0.341 e. The number of hydrogen-bond donors (Lipinski definition) is 2. The number of aliphatic carboxylic acids is 1. The number of hydrogen-bond acceptors (Lipinski definition) is 4. The summed E-state index contributed by atoms with van der Waals surface area (Å²) in [5, 5.41) is 13.3. The van der Waals surface area contributed by atoms with Crippen molar-refractivity contribution in [1.82, 2.24) is 0 Å². The van der Waals surface area contributed by atoms with Crippen molar-refractivity contribution < 1.29 is 24.2 Å². The number of carboxylic acid groups (broad SMARTS) is 1. The van der Waals surface area contributed by atoms with Crippen molar-refractivity contribution in [3.8, 4) is 5.75 Å². The van der Waals surface area contributed by atoms with Gasteiger partial charge in [0.15, 0.2) is 6.61 Å². The van der Waals surface area contributed by atoms with Gasteiger partial charge < -0.3 is 19.9 Å². The van der Waals surface area contributed by atoms with Gasteiger partial charge in [0.1, 0.15) is 11.9 Å². The van der Waals surface area contributed by atoms with E-state index in [0.717, 1.165) is 36.5 Å². The van der Waals surface area contributed by atoms with Crippen LogP contribution in [0.25, 0.3) is 10.8 Å². The van der Waals surface area contributed by atoms with E-state index in [2.05, 4.69) is 5.32 Å². The van der Waals surface area contributed by atoms with Crippen LogP contribution >= 0.6 is 0 Å². The largest absolute Gasteiger partial charge is 0.481 e. The highest BCUT2D eigenvalue weighted by molar-refractivity contribution is 6.05. The van der Waals surface area contributed by atoms with Gasteiger partial charge in [0.25, 0.3) is 5.91 Å². The van der Waals surface area contributed by atoms with Crippen molar-refractivity contribution >= 4 is 28.3 Å². The lowest BCUT2D eigenvalue weighted by atomic mass is 10.1. The van der Waals surface area contributed by atoms with Gasteiger partial charge in [-0.2, -0.15) is 0 Å². The normalized spacial score (nSPS) is 15.6. The first kappa shape index (κ1) is 19.2. The van der Waals surface area contributed by atoms with Crippen LogP contribution in [0, 0.1) is 0 Å². The van der Waals surface area contributed by atoms with Gasteiger partial charge in [-0.15, -0.1) is 0 Å². The van der Waals surface area contributed by atoms with Gasteiger partial charge in [-0.3, -0.25) is 4.79 Å². The van der Waals surface area contributed by atoms with Gasteiger partial charge >= 0.3 is 5.97 Å². The summed E-state index contributed by atoms with van der Waals surface area (Å²) < 4.78 is 11.4. The SMILES string of the molecule is CCC(OC1CCCC1)C(=O)Nc1ccc(OCC(=O)O)c2ccccc12. The van der Waals surface area contributed by atoms with Crippen LogP contribution in [0.3, 0.4) is 0 Å². The lowest BCUT2D eigenvalue weighted by Crippen LogP contribution is -2.32. The van der Waals surface area contributed by atoms with E-state index in [1.807, 2.05) is 31.2 Å². The second-order valence-corrected chi connectivity index (χ2v) is 6.77. The third kappa shape index (κ3) is 4.77. The maximum atomic E-state index is 12.7. The minimum atomic E-state index is -1.04. The Labute approximate surface area is 158 Å². The number of anilines is 1. The number of carbonyl (C=O) groups is 2. The molecule has 1 aliphatic rings. The van der Waals surface area contributed by atoms with E-state index in [4.69, 9.17) is 14.6 Å². The molecular weight excluding hydrogens is 346 g/mol. The van der Waals surface area contributed by atoms with E-state index in [9.17, 15) is 9.59 Å². The third-order valence-corrected chi connectivity index (χ3v) is 4.82. The van der Waals surface area contributed by atoms with Crippen molar-refractivity contribution in [2.24, 2.45) is 0 Å². The number of amides is 1. The van der Waals surface area contributed by atoms with Crippen LogP contribution in [-0.4, -0.2) is 35.8 Å². The van der Waals surface area contributed by atoms with E-state index < -0.39 is 18.7 Å². The quantitative estimate of drug-likeness (QED) is 0.733. The maximum absolute atomic E-state index is 12.7. The van der Waals surface area contributed by atoms with Crippen LogP contribution in [0.2, 0.25) is 0 Å². The molecule has 0 aliphatic heterocycles. The standard InChI is InChI=1S/C21H25NO5/c1-2-18(27-14-7-3-4-8-14)21(25)22-17-11-12-19(26-13-20(23)24)16-10-6-5-9-15(16)17/h5-6,9-12,14,18H,2-4,7-8,13H2,1H3,(H,22,25)(H,23,24). The van der Waals surface area contributed by atoms with E-state index >= 15 is 0 Å². The van der Waals surface area contributed by atoms with Crippen LogP contribution in [0.4, 0.5) is 5.69 Å². The zero-order valence-corrected chi connectivity index (χ0v) is 15.4. The molecule has 2 N–H and O–H groups in total. The highest BCUT2D eigenvalue weighted by Crippen LogP contribution is 2.32. The van der Waals surface area contributed by atoms with E-state index in [0.29, 0.717) is 17.9 Å². The van der Waals surface area contributed by atoms with Gasteiger partial charge in [0.05, 0.1) is 6.10 Å². The molecule has 1 amide bonds. The van der Waals surface area contributed by atoms with Crippen molar-refractivity contribution in [2.75, 3.05) is 11.9 Å². The van der Waals surface area contributed by atoms with E-state index in [1.165, 1.54) is 0 Å². The second-order valence-electron chi connectivity index (χ2n) is 6.77. The average Bonchev–Trinajstić information content (AvgIpc) is 3.18. The molecule has 6 heteroatoms. The van der Waals surface area contributed by atoms with Crippen LogP contribution < -0.4 is 10.1 Å². The molecule has 0 bridgehead atoms. The molecule has 1 fully saturated rings. The monoisotopic (exact) mass is 371 g/mol. The van der Waals surface area contributed by atoms with Gasteiger partial charge in [-0.25, -0.2) is 4.79 Å². The molecule has 1 atom stereocenters. The fourth-order valence-electron chi connectivity index (χ4n) is 3.46. The lowest BCUT2D eigenvalue weighted by molar-refractivity contribution is -0.139. The van der Waals surface area contributed by atoms with Crippen molar-refractivity contribution in [3.63, 3.8) is 0 Å². The Hall–Kier alpha value is -2.60. The molecule has 2 aromatic carbocycles. The van der Waals surface area contributed by atoms with Gasteiger partial charge in [-0.05, 0) is 31.4 Å². The molecule has 1 saturated carbocycles. The first-order valence-electron chi connectivity index (χ1n) is 9.41. The Balaban J connectivity index is 1.78. The molecule has 1 unspecified atom stereocenters. The zero-order valence-electron chi connectivity index (χ0n) is 15.4. The minimum absolute atomic E-state index is 0.159. The number of benzene rings is 2. The molecule has 2 aromatic rings. The molecule has 0 saturated heterocycles. The van der Waals surface area contributed by atoms with Gasteiger partial charge in [-0.1, -0.05) is 44.0 Å². The number of nitrogens with one attached hydrogen (secondary N) is 1. The number of fused-ring (bicyclic) bond motifs is 1. The average molecular weight is 371 g/mol. The molecular formula is C21H25NO5. The summed E-state index contributed by atoms with van der Waals surface area (Å²) >= 11 is 0. The topological polar surface area (TPSA) is 84.9 Å². The summed E-state index contributed by atoms with van der Waals surface area (Å²) in [4.78, 5) is 23.5. The molecule has 6 nitrogen and oxygen atoms in total. The minimum Gasteiger partial charge on any atom is -0.481 e. The molecule has 3 rings (SSSR count). The Morgan fingerprint density at radius 1 is 1.15 bits per heavy atom. The van der Waals surface area contributed by atoms with Crippen molar-refractivity contribution in [1.29, 1.82) is 0 Å². The molecule has 0 spiro atoms. The summed E-state index contributed by atoms with van der Waals surface area (Å²) in [5.74, 6) is -0.722. The molecule has 0 heterocycles. The summed E-state index contributed by atoms with van der Waals surface area (Å²) in [5.41, 5.74) is 0.659. The van der Waals surface area contributed by atoms with Crippen LogP contribution in [0.5, 0.6) is 5.75 Å². The Bertz CT molecular complexity index is 813. The summed E-state index contributed by atoms with van der Waals surface area (Å²) in [6.07, 6.45) is 4.65. The Kier molecular flexibility index (Phi) is 6.29. The van der Waals surface area contributed by atoms with Crippen LogP contribution in [0.1, 0.15) is 39.0 Å². The highest BCUT2D eigenvalue weighted by Gasteiger charge is 2.25. The Morgan fingerprint density at radius 3 is 2.52 bits per heavy atom. The first-order chi connectivity index (χ1) is 13.1. The molecule has 0 radical (unpaired) electrons. The van der Waals surface area contributed by atoms with Gasteiger partial charge in [0, 0.05) is 16.5 Å². The summed E-state index contributed by atoms with van der Waals surface area (Å²) in [6.45, 7) is 1.53. The predicted molar refractivity (Wildman–Crippen MR) is 103 cm³/mol. The molecule has 0 aromatic heterocycles. The van der Waals surface area contributed by atoms with Crippen molar-refractivity contribution in [3.05, 3.63) is 36.4 Å². The van der Waals surface area contributed by atoms with Crippen molar-refractivity contribution in [2.45, 2.75) is 51.2 Å². The highest BCUT2D eigenvalue weighted by atomic mass is 16.5. The third-order valence-electron chi connectivity index (χ3n) is 4.82. The number of rotatable bonds is 8. The van der Waals surface area contributed by atoms with E-state index in [-0.39, 0.29) is 12.0 Å². The lowest BCUT2D eigenvalue weighted by Gasteiger charge is -2.21. The molecule has 27 heavy (non-hydrogen) atoms.